The first kappa shape index (κ1) is 14.2. The maximum atomic E-state index is 13.4. The lowest BCUT2D eigenvalue weighted by Crippen LogP contribution is -2.26. The van der Waals surface area contributed by atoms with E-state index in [1.54, 1.807) is 24.4 Å². The minimum atomic E-state index is -0.337. The third-order valence-electron chi connectivity index (χ3n) is 2.97. The van der Waals surface area contributed by atoms with Crippen molar-refractivity contribution < 1.29 is 9.18 Å². The van der Waals surface area contributed by atoms with E-state index in [0.29, 0.717) is 12.1 Å². The lowest BCUT2D eigenvalue weighted by Gasteiger charge is -2.06. The van der Waals surface area contributed by atoms with Crippen molar-refractivity contribution in [2.45, 2.75) is 19.3 Å². The highest BCUT2D eigenvalue weighted by molar-refractivity contribution is 5.78. The maximum Gasteiger partial charge on any atom is 0.224 e. The van der Waals surface area contributed by atoms with Crippen LogP contribution in [0.4, 0.5) is 4.39 Å². The van der Waals surface area contributed by atoms with Crippen LogP contribution in [-0.2, 0) is 17.6 Å². The third kappa shape index (κ3) is 4.46. The number of nitrogens with one attached hydrogen (secondary N) is 1. The first-order valence-electron chi connectivity index (χ1n) is 6.66. The average Bonchev–Trinajstić information content (AvgIpc) is 2.47. The highest BCUT2D eigenvalue weighted by Gasteiger charge is 2.06. The van der Waals surface area contributed by atoms with Gasteiger partial charge in [-0.3, -0.25) is 9.78 Å². The summed E-state index contributed by atoms with van der Waals surface area (Å²) in [5.41, 5.74) is 1.44. The first-order valence-corrected chi connectivity index (χ1v) is 6.66. The zero-order valence-corrected chi connectivity index (χ0v) is 11.2. The van der Waals surface area contributed by atoms with Crippen LogP contribution in [0.15, 0.2) is 48.7 Å². The number of pyridine rings is 1. The summed E-state index contributed by atoms with van der Waals surface area (Å²) in [5.74, 6) is -0.493. The van der Waals surface area contributed by atoms with Crippen molar-refractivity contribution in [2.75, 3.05) is 6.54 Å². The second-order valence-corrected chi connectivity index (χ2v) is 4.54. The molecule has 1 aromatic heterocycles. The number of benzene rings is 1. The number of carbonyl (C=O) groups is 1. The predicted octanol–water partition coefficient (Wildman–Crippen LogP) is 2.51. The van der Waals surface area contributed by atoms with Crippen molar-refractivity contribution in [3.05, 3.63) is 65.7 Å². The lowest BCUT2D eigenvalue weighted by atomic mass is 10.1. The molecular formula is C16H17FN2O. The molecule has 0 saturated heterocycles. The Morgan fingerprint density at radius 1 is 1.15 bits per heavy atom. The Labute approximate surface area is 117 Å². The van der Waals surface area contributed by atoms with Crippen molar-refractivity contribution >= 4 is 5.91 Å². The Hall–Kier alpha value is -2.23. The van der Waals surface area contributed by atoms with Crippen LogP contribution in [0.2, 0.25) is 0 Å². The molecule has 2 rings (SSSR count). The van der Waals surface area contributed by atoms with E-state index in [-0.39, 0.29) is 18.1 Å². The number of rotatable bonds is 6. The van der Waals surface area contributed by atoms with Crippen LogP contribution in [0.5, 0.6) is 0 Å². The second-order valence-electron chi connectivity index (χ2n) is 4.54. The van der Waals surface area contributed by atoms with Gasteiger partial charge in [0.1, 0.15) is 5.82 Å². The summed E-state index contributed by atoms with van der Waals surface area (Å²) in [4.78, 5) is 15.9. The number of hydrogen-bond donors (Lipinski definition) is 1. The lowest BCUT2D eigenvalue weighted by molar-refractivity contribution is -0.120. The Morgan fingerprint density at radius 2 is 1.95 bits per heavy atom. The molecular weight excluding hydrogens is 255 g/mol. The van der Waals surface area contributed by atoms with Crippen molar-refractivity contribution in [2.24, 2.45) is 0 Å². The molecule has 3 nitrogen and oxygen atoms in total. The van der Waals surface area contributed by atoms with Gasteiger partial charge in [0.05, 0.1) is 6.42 Å². The number of carbonyl (C=O) groups excluding carboxylic acids is 1. The third-order valence-corrected chi connectivity index (χ3v) is 2.97. The minimum absolute atomic E-state index is 0.0796. The van der Waals surface area contributed by atoms with Gasteiger partial charge in [-0.25, -0.2) is 4.39 Å². The molecule has 0 aliphatic carbocycles. The van der Waals surface area contributed by atoms with Gasteiger partial charge in [0, 0.05) is 18.4 Å². The monoisotopic (exact) mass is 272 g/mol. The number of halogens is 1. The minimum Gasteiger partial charge on any atom is -0.356 e. The summed E-state index contributed by atoms with van der Waals surface area (Å²) in [5, 5.41) is 2.80. The highest BCUT2D eigenvalue weighted by Crippen LogP contribution is 2.06. The number of aryl methyl sites for hydroxylation is 1. The largest absolute Gasteiger partial charge is 0.356 e. The molecule has 1 amide bonds. The summed E-state index contributed by atoms with van der Waals surface area (Å²) in [6, 6.07) is 12.1. The Morgan fingerprint density at radius 3 is 2.70 bits per heavy atom. The molecule has 0 fully saturated rings. The summed E-state index contributed by atoms with van der Waals surface area (Å²) in [6.07, 6.45) is 3.48. The normalized spacial score (nSPS) is 10.2. The van der Waals surface area contributed by atoms with Gasteiger partial charge in [-0.1, -0.05) is 24.3 Å². The molecule has 1 heterocycles. The molecule has 104 valence electrons. The molecule has 1 aromatic carbocycles. The Kier molecular flexibility index (Phi) is 5.24. The van der Waals surface area contributed by atoms with Gasteiger partial charge in [-0.15, -0.1) is 0 Å². The first-order chi connectivity index (χ1) is 9.75. The van der Waals surface area contributed by atoms with Gasteiger partial charge >= 0.3 is 0 Å². The van der Waals surface area contributed by atoms with Gasteiger partial charge in [0.25, 0.3) is 0 Å². The predicted molar refractivity (Wildman–Crippen MR) is 75.7 cm³/mol. The molecule has 1 N–H and O–H groups in total. The van der Waals surface area contributed by atoms with Crippen molar-refractivity contribution in [3.63, 3.8) is 0 Å². The van der Waals surface area contributed by atoms with Crippen LogP contribution in [0.3, 0.4) is 0 Å². The second kappa shape index (κ2) is 7.38. The SMILES string of the molecule is O=C(Cc1ccccc1F)NCCCc1ccccn1. The molecule has 0 aliphatic rings. The van der Waals surface area contributed by atoms with Crippen molar-refractivity contribution in [1.29, 1.82) is 0 Å². The Balaban J connectivity index is 1.69. The van der Waals surface area contributed by atoms with Crippen LogP contribution in [0, 0.1) is 5.82 Å². The molecule has 0 atom stereocenters. The summed E-state index contributed by atoms with van der Waals surface area (Å²) in [7, 11) is 0. The van der Waals surface area contributed by atoms with Crippen LogP contribution < -0.4 is 5.32 Å². The van der Waals surface area contributed by atoms with Crippen LogP contribution in [-0.4, -0.2) is 17.4 Å². The summed E-state index contributed by atoms with van der Waals surface area (Å²) < 4.78 is 13.4. The van der Waals surface area contributed by atoms with Gasteiger partial charge in [0.15, 0.2) is 0 Å². The fraction of sp³-hybridized carbons (Fsp3) is 0.250. The van der Waals surface area contributed by atoms with Crippen LogP contribution in [0.1, 0.15) is 17.7 Å². The van der Waals surface area contributed by atoms with E-state index >= 15 is 0 Å². The highest BCUT2D eigenvalue weighted by atomic mass is 19.1. The molecule has 4 heteroatoms. The van der Waals surface area contributed by atoms with Crippen molar-refractivity contribution in [3.8, 4) is 0 Å². The summed E-state index contributed by atoms with van der Waals surface area (Å²) >= 11 is 0. The van der Waals surface area contributed by atoms with E-state index in [2.05, 4.69) is 10.3 Å². The fourth-order valence-electron chi connectivity index (χ4n) is 1.92. The number of aromatic nitrogens is 1. The molecule has 20 heavy (non-hydrogen) atoms. The zero-order chi connectivity index (χ0) is 14.2. The molecule has 0 unspecified atom stereocenters. The van der Waals surface area contributed by atoms with Crippen LogP contribution in [0.25, 0.3) is 0 Å². The van der Waals surface area contributed by atoms with E-state index in [1.165, 1.54) is 6.07 Å². The quantitative estimate of drug-likeness (QED) is 0.821. The number of amides is 1. The Bertz CT molecular complexity index is 557. The molecule has 0 bridgehead atoms. The van der Waals surface area contributed by atoms with E-state index in [0.717, 1.165) is 18.5 Å². The van der Waals surface area contributed by atoms with Gasteiger partial charge < -0.3 is 5.32 Å². The summed E-state index contributed by atoms with van der Waals surface area (Å²) in [6.45, 7) is 0.573. The van der Waals surface area contributed by atoms with E-state index < -0.39 is 0 Å². The van der Waals surface area contributed by atoms with E-state index in [1.807, 2.05) is 18.2 Å². The topological polar surface area (TPSA) is 42.0 Å². The fourth-order valence-corrected chi connectivity index (χ4v) is 1.92. The van der Waals surface area contributed by atoms with Gasteiger partial charge in [-0.05, 0) is 36.6 Å². The molecule has 0 aliphatic heterocycles. The van der Waals surface area contributed by atoms with Gasteiger partial charge in [0.2, 0.25) is 5.91 Å². The molecule has 0 spiro atoms. The smallest absolute Gasteiger partial charge is 0.224 e. The average molecular weight is 272 g/mol. The molecule has 0 saturated carbocycles. The zero-order valence-electron chi connectivity index (χ0n) is 11.2. The number of hydrogen-bond acceptors (Lipinski definition) is 2. The number of nitrogens with zero attached hydrogens (tertiary/aromatic N) is 1. The van der Waals surface area contributed by atoms with E-state index in [4.69, 9.17) is 0 Å². The van der Waals surface area contributed by atoms with Gasteiger partial charge in [-0.2, -0.15) is 0 Å². The van der Waals surface area contributed by atoms with Crippen LogP contribution >= 0.6 is 0 Å². The van der Waals surface area contributed by atoms with Crippen molar-refractivity contribution in [1.82, 2.24) is 10.3 Å². The standard InChI is InChI=1S/C16H17FN2O/c17-15-9-2-1-6-13(15)12-16(20)19-11-5-8-14-7-3-4-10-18-14/h1-4,6-7,9-10H,5,8,11-12H2,(H,19,20). The molecule has 0 radical (unpaired) electrons. The molecule has 2 aromatic rings. The maximum absolute atomic E-state index is 13.4. The van der Waals surface area contributed by atoms with E-state index in [9.17, 15) is 9.18 Å².